The highest BCUT2D eigenvalue weighted by molar-refractivity contribution is 5.69. The van der Waals surface area contributed by atoms with Gasteiger partial charge in [-0.2, -0.15) is 0 Å². The summed E-state index contributed by atoms with van der Waals surface area (Å²) < 4.78 is 4.32. The van der Waals surface area contributed by atoms with Gasteiger partial charge < -0.3 is 15.0 Å². The predicted molar refractivity (Wildman–Crippen MR) is 85.3 cm³/mol. The van der Waals surface area contributed by atoms with Gasteiger partial charge in [-0.1, -0.05) is 0 Å². The summed E-state index contributed by atoms with van der Waals surface area (Å²) in [5, 5.41) is 12.2. The summed E-state index contributed by atoms with van der Waals surface area (Å²) >= 11 is 0. The second-order valence-corrected chi connectivity index (χ2v) is 6.36. The van der Waals surface area contributed by atoms with Crippen molar-refractivity contribution in [1.29, 1.82) is 0 Å². The van der Waals surface area contributed by atoms with E-state index in [2.05, 4.69) is 10.3 Å². The minimum absolute atomic E-state index is 0.239. The van der Waals surface area contributed by atoms with Gasteiger partial charge in [-0.25, -0.2) is 9.78 Å². The lowest BCUT2D eigenvalue weighted by Crippen LogP contribution is -2.94. The molecule has 126 valence electrons. The molecule has 2 atom stereocenters. The molecular weight excluding hydrogens is 298 g/mol. The number of fused-ring (bicyclic) bond motifs is 1. The Balaban J connectivity index is 1.79. The average Bonchev–Trinajstić information content (AvgIpc) is 2.97. The van der Waals surface area contributed by atoms with Gasteiger partial charge in [0.2, 0.25) is 0 Å². The molecule has 0 radical (unpaired) electrons. The molecule has 23 heavy (non-hydrogen) atoms. The van der Waals surface area contributed by atoms with Crippen molar-refractivity contribution in [2.24, 2.45) is 14.1 Å². The molecule has 1 fully saturated rings. The summed E-state index contributed by atoms with van der Waals surface area (Å²) in [5.41, 5.74) is 0.197. The van der Waals surface area contributed by atoms with Crippen LogP contribution in [-0.2, 0) is 20.6 Å². The molecule has 3 N–H and O–H groups in total. The van der Waals surface area contributed by atoms with E-state index in [1.54, 1.807) is 13.4 Å². The molecule has 0 bridgehead atoms. The van der Waals surface area contributed by atoms with Crippen molar-refractivity contribution in [2.75, 3.05) is 6.54 Å². The summed E-state index contributed by atoms with van der Waals surface area (Å²) in [6.45, 7) is 1.72. The highest BCUT2D eigenvalue weighted by Crippen LogP contribution is 2.11. The second kappa shape index (κ2) is 6.29. The molecule has 0 unspecified atom stereocenters. The maximum absolute atomic E-state index is 12.3. The Kier molecular flexibility index (Phi) is 4.36. The van der Waals surface area contributed by atoms with Gasteiger partial charge in [0.15, 0.2) is 11.2 Å². The van der Waals surface area contributed by atoms with Crippen LogP contribution in [0.15, 0.2) is 15.9 Å². The molecule has 0 aromatic carbocycles. The molecule has 3 heterocycles. The third-order valence-corrected chi connectivity index (χ3v) is 4.82. The quantitative estimate of drug-likeness (QED) is 0.701. The molecule has 8 heteroatoms. The first-order valence-electron chi connectivity index (χ1n) is 8.13. The van der Waals surface area contributed by atoms with Crippen molar-refractivity contribution in [1.82, 2.24) is 18.7 Å². The summed E-state index contributed by atoms with van der Waals surface area (Å²) in [7, 11) is 3.10. The van der Waals surface area contributed by atoms with Crippen LogP contribution in [0.4, 0.5) is 0 Å². The zero-order valence-electron chi connectivity index (χ0n) is 13.6. The number of aromatic nitrogens is 4. The lowest BCUT2D eigenvalue weighted by atomic mass is 9.97. The van der Waals surface area contributed by atoms with Crippen molar-refractivity contribution in [2.45, 2.75) is 44.4 Å². The summed E-state index contributed by atoms with van der Waals surface area (Å²) in [5.74, 6) is 0. The number of imidazole rings is 1. The molecule has 0 spiro atoms. The number of nitrogens with zero attached hydrogens (tertiary/aromatic N) is 4. The van der Waals surface area contributed by atoms with E-state index in [-0.39, 0.29) is 23.4 Å². The number of hydrogen-bond acceptors (Lipinski definition) is 4. The molecule has 2 aromatic heterocycles. The van der Waals surface area contributed by atoms with Crippen LogP contribution >= 0.6 is 0 Å². The Labute approximate surface area is 133 Å². The van der Waals surface area contributed by atoms with Crippen LogP contribution in [0.2, 0.25) is 0 Å². The van der Waals surface area contributed by atoms with Crippen LogP contribution in [0, 0.1) is 0 Å². The fraction of sp³-hybridized carbons (Fsp3) is 0.667. The van der Waals surface area contributed by atoms with Crippen LogP contribution < -0.4 is 16.6 Å². The van der Waals surface area contributed by atoms with E-state index in [0.717, 1.165) is 36.8 Å². The number of quaternary nitrogens is 1. The largest absolute Gasteiger partial charge is 0.387 e. The van der Waals surface area contributed by atoms with Gasteiger partial charge in [-0.15, -0.1) is 0 Å². The van der Waals surface area contributed by atoms with E-state index in [1.165, 1.54) is 11.6 Å². The fourth-order valence-corrected chi connectivity index (χ4v) is 3.40. The Hall–Kier alpha value is -1.93. The lowest BCUT2D eigenvalue weighted by Gasteiger charge is -2.25. The van der Waals surface area contributed by atoms with Crippen molar-refractivity contribution >= 4 is 11.2 Å². The van der Waals surface area contributed by atoms with Gasteiger partial charge in [-0.3, -0.25) is 13.9 Å². The third kappa shape index (κ3) is 2.84. The number of aryl methyl sites for hydroxylation is 2. The normalized spacial score (nSPS) is 21.9. The zero-order valence-corrected chi connectivity index (χ0v) is 13.6. The Morgan fingerprint density at radius 2 is 2.13 bits per heavy atom. The second-order valence-electron chi connectivity index (χ2n) is 6.36. The maximum atomic E-state index is 12.3. The number of hydrogen-bond donors (Lipinski definition) is 2. The molecule has 8 nitrogen and oxygen atoms in total. The average molecular weight is 322 g/mol. The van der Waals surface area contributed by atoms with Crippen molar-refractivity contribution in [3.05, 3.63) is 27.2 Å². The van der Waals surface area contributed by atoms with Crippen LogP contribution in [0.3, 0.4) is 0 Å². The monoisotopic (exact) mass is 322 g/mol. The van der Waals surface area contributed by atoms with Crippen LogP contribution in [-0.4, -0.2) is 42.5 Å². The molecule has 0 aliphatic carbocycles. The molecule has 1 aliphatic rings. The first-order chi connectivity index (χ1) is 11.0. The standard InChI is InChI=1S/C15H23N5O3/c1-18-13-12(14(22)19(2)15(18)23)20(9-17-13)8-4-5-10-11(21)6-3-7-16-10/h9-11,16,21H,3-8H2,1-2H3/p+1/t10-,11+/m1/s1. The van der Waals surface area contributed by atoms with Crippen LogP contribution in [0.25, 0.3) is 11.2 Å². The summed E-state index contributed by atoms with van der Waals surface area (Å²) in [6.07, 6.45) is 5.07. The van der Waals surface area contributed by atoms with Gasteiger partial charge in [0.1, 0.15) is 12.1 Å². The third-order valence-electron chi connectivity index (χ3n) is 4.82. The van der Waals surface area contributed by atoms with Crippen molar-refractivity contribution < 1.29 is 10.4 Å². The highest BCUT2D eigenvalue weighted by atomic mass is 16.3. The van der Waals surface area contributed by atoms with Crippen molar-refractivity contribution in [3.8, 4) is 0 Å². The smallest absolute Gasteiger partial charge is 0.332 e. The highest BCUT2D eigenvalue weighted by Gasteiger charge is 2.25. The Morgan fingerprint density at radius 3 is 2.87 bits per heavy atom. The van der Waals surface area contributed by atoms with E-state index < -0.39 is 0 Å². The maximum Gasteiger partial charge on any atom is 0.332 e. The number of aliphatic hydroxyl groups is 1. The molecule has 1 aliphatic heterocycles. The van der Waals surface area contributed by atoms with Gasteiger partial charge in [0.25, 0.3) is 5.56 Å². The first kappa shape index (κ1) is 15.9. The number of nitrogens with two attached hydrogens (primary N) is 1. The summed E-state index contributed by atoms with van der Waals surface area (Å²) in [4.78, 5) is 28.5. The van der Waals surface area contributed by atoms with Crippen molar-refractivity contribution in [3.63, 3.8) is 0 Å². The number of rotatable bonds is 4. The van der Waals surface area contributed by atoms with Gasteiger partial charge in [0.05, 0.1) is 12.9 Å². The fourth-order valence-electron chi connectivity index (χ4n) is 3.40. The first-order valence-corrected chi connectivity index (χ1v) is 8.13. The number of piperidine rings is 1. The SMILES string of the molecule is Cn1c(=O)c2c(ncn2CCC[C@H]2[NH2+]CCC[C@@H]2O)n(C)c1=O. The molecular formula is C15H24N5O3+. The minimum Gasteiger partial charge on any atom is -0.387 e. The van der Waals surface area contributed by atoms with E-state index in [1.807, 2.05) is 4.57 Å². The number of aliphatic hydroxyl groups excluding tert-OH is 1. The lowest BCUT2D eigenvalue weighted by molar-refractivity contribution is -0.705. The van der Waals surface area contributed by atoms with E-state index >= 15 is 0 Å². The predicted octanol–water partition coefficient (Wildman–Crippen LogP) is -1.70. The topological polar surface area (TPSA) is 98.7 Å². The van der Waals surface area contributed by atoms with Gasteiger partial charge in [-0.05, 0) is 19.3 Å². The summed E-state index contributed by atoms with van der Waals surface area (Å²) in [6, 6.07) is 0.241. The molecule has 2 aromatic rings. The molecule has 0 amide bonds. The van der Waals surface area contributed by atoms with Gasteiger partial charge >= 0.3 is 5.69 Å². The van der Waals surface area contributed by atoms with E-state index in [4.69, 9.17) is 0 Å². The Morgan fingerprint density at radius 1 is 1.35 bits per heavy atom. The van der Waals surface area contributed by atoms with E-state index in [0.29, 0.717) is 17.7 Å². The zero-order chi connectivity index (χ0) is 16.6. The Bertz CT molecular complexity index is 819. The van der Waals surface area contributed by atoms with Crippen LogP contribution in [0.5, 0.6) is 0 Å². The van der Waals surface area contributed by atoms with Crippen LogP contribution in [0.1, 0.15) is 25.7 Å². The van der Waals surface area contributed by atoms with Gasteiger partial charge in [0, 0.05) is 27.1 Å². The minimum atomic E-state index is -0.368. The van der Waals surface area contributed by atoms with E-state index in [9.17, 15) is 14.7 Å². The molecule has 0 saturated carbocycles. The molecule has 1 saturated heterocycles. The molecule has 3 rings (SSSR count).